The normalized spacial score (nSPS) is 19.3. The fraction of sp³-hybridized carbons (Fsp3) is 0.280. The van der Waals surface area contributed by atoms with Crippen molar-refractivity contribution >= 4 is 57.5 Å². The van der Waals surface area contributed by atoms with Gasteiger partial charge >= 0.3 is 13.7 Å². The fourth-order valence-electron chi connectivity index (χ4n) is 4.39. The zero-order valence-corrected chi connectivity index (χ0v) is 23.5. The first-order chi connectivity index (χ1) is 18.7. The maximum absolute atomic E-state index is 13.9. The molecule has 0 fully saturated rings. The molecule has 4 atom stereocenters. The molecule has 4 aromatic rings. The van der Waals surface area contributed by atoms with E-state index in [0.717, 1.165) is 9.86 Å². The summed E-state index contributed by atoms with van der Waals surface area (Å²) in [7, 11) is -2.63. The summed E-state index contributed by atoms with van der Waals surface area (Å²) in [5, 5.41) is 13.5. The second-order valence-corrected chi connectivity index (χ2v) is 11.6. The van der Waals surface area contributed by atoms with Gasteiger partial charge in [0, 0.05) is 15.8 Å². The molecule has 0 spiro atoms. The largest absolute Gasteiger partial charge is 0.480 e. The van der Waals surface area contributed by atoms with Gasteiger partial charge in [-0.2, -0.15) is 15.1 Å². The van der Waals surface area contributed by atoms with Crippen molar-refractivity contribution in [2.24, 2.45) is 5.92 Å². The van der Waals surface area contributed by atoms with Gasteiger partial charge in [0.15, 0.2) is 11.2 Å². The van der Waals surface area contributed by atoms with Gasteiger partial charge in [-0.15, -0.1) is 0 Å². The van der Waals surface area contributed by atoms with Crippen molar-refractivity contribution in [2.45, 2.75) is 25.4 Å². The number of ether oxygens (including phenoxy) is 1. The SMILES string of the molecule is COc1nc(N)nc2c1ncn2[C@H]1C=C[C@@H](COP(=O)(NC(C)C(=O)O)Oc2ccc(Br)c3ccccc23)C1. The second kappa shape index (κ2) is 10.9. The standard InChI is InChI=1S/C25H26BrN6O6P/c1-14(24(33)34)31-39(35,38-20-10-9-19(26)17-5-3-4-6-18(17)20)37-12-15-7-8-16(11-15)32-13-28-21-22(32)29-25(27)30-23(21)36-2/h3-10,13-16H,11-12H2,1-2H3,(H,31,35)(H,33,34)(H2,27,29,30)/t14?,15-,16+,39?/m1/s1. The molecule has 39 heavy (non-hydrogen) atoms. The van der Waals surface area contributed by atoms with E-state index in [0.29, 0.717) is 28.7 Å². The number of nitrogens with one attached hydrogen (secondary N) is 1. The monoisotopic (exact) mass is 616 g/mol. The Morgan fingerprint density at radius 2 is 2.03 bits per heavy atom. The molecule has 0 saturated heterocycles. The first-order valence-electron chi connectivity index (χ1n) is 12.0. The van der Waals surface area contributed by atoms with Crippen LogP contribution in [0.3, 0.4) is 0 Å². The molecule has 0 saturated carbocycles. The zero-order valence-electron chi connectivity index (χ0n) is 21.0. The maximum atomic E-state index is 13.9. The summed E-state index contributed by atoms with van der Waals surface area (Å²) in [5.74, 6) is -0.671. The second-order valence-electron chi connectivity index (χ2n) is 9.03. The number of aromatic nitrogens is 4. The lowest BCUT2D eigenvalue weighted by Gasteiger charge is -2.24. The highest BCUT2D eigenvalue weighted by molar-refractivity contribution is 9.10. The quantitative estimate of drug-likeness (QED) is 0.167. The highest BCUT2D eigenvalue weighted by Gasteiger charge is 2.34. The highest BCUT2D eigenvalue weighted by Crippen LogP contribution is 2.48. The molecule has 0 radical (unpaired) electrons. The van der Waals surface area contributed by atoms with E-state index in [1.54, 1.807) is 18.5 Å². The number of fused-ring (bicyclic) bond motifs is 2. The number of aliphatic carboxylic acids is 1. The Labute approximate surface area is 231 Å². The Balaban J connectivity index is 1.34. The molecule has 2 aromatic heterocycles. The average Bonchev–Trinajstić information content (AvgIpc) is 3.56. The summed E-state index contributed by atoms with van der Waals surface area (Å²) in [6.07, 6.45) is 6.15. The molecule has 4 N–H and O–H groups in total. The van der Waals surface area contributed by atoms with E-state index < -0.39 is 19.8 Å². The van der Waals surface area contributed by atoms with E-state index >= 15 is 0 Å². The minimum absolute atomic E-state index is 0.0190. The Hall–Kier alpha value is -3.51. The number of carboxylic acids is 1. The number of rotatable bonds is 10. The van der Waals surface area contributed by atoms with Crippen LogP contribution in [0, 0.1) is 5.92 Å². The summed E-state index contributed by atoms with van der Waals surface area (Å²) < 4.78 is 33.6. The average molecular weight is 617 g/mol. The summed E-state index contributed by atoms with van der Waals surface area (Å²) in [4.78, 5) is 24.3. The first-order valence-corrected chi connectivity index (χ1v) is 14.4. The minimum atomic E-state index is -4.11. The van der Waals surface area contributed by atoms with Gasteiger partial charge in [-0.05, 0) is 30.9 Å². The molecule has 204 valence electrons. The number of nitrogens with two attached hydrogens (primary N) is 1. The van der Waals surface area contributed by atoms with Gasteiger partial charge in [0.05, 0.1) is 26.1 Å². The number of hydrogen-bond acceptors (Lipinski definition) is 9. The third-order valence-corrected chi connectivity index (χ3v) is 8.66. The van der Waals surface area contributed by atoms with Gasteiger partial charge in [0.2, 0.25) is 11.8 Å². The zero-order chi connectivity index (χ0) is 27.7. The van der Waals surface area contributed by atoms with Crippen molar-refractivity contribution in [1.82, 2.24) is 24.6 Å². The Morgan fingerprint density at radius 1 is 1.26 bits per heavy atom. The third kappa shape index (κ3) is 5.62. The third-order valence-electron chi connectivity index (χ3n) is 6.34. The lowest BCUT2D eigenvalue weighted by Crippen LogP contribution is -2.33. The molecule has 2 unspecified atom stereocenters. The molecule has 1 aliphatic carbocycles. The van der Waals surface area contributed by atoms with Gasteiger partial charge in [-0.3, -0.25) is 9.32 Å². The fourth-order valence-corrected chi connectivity index (χ4v) is 6.44. The van der Waals surface area contributed by atoms with Gasteiger partial charge in [-0.25, -0.2) is 9.55 Å². The predicted molar refractivity (Wildman–Crippen MR) is 149 cm³/mol. The van der Waals surface area contributed by atoms with Crippen LogP contribution >= 0.6 is 23.7 Å². The van der Waals surface area contributed by atoms with E-state index in [-0.39, 0.29) is 30.4 Å². The summed E-state index contributed by atoms with van der Waals surface area (Å²) in [6.45, 7) is 1.39. The van der Waals surface area contributed by atoms with E-state index in [2.05, 4.69) is 36.0 Å². The lowest BCUT2D eigenvalue weighted by molar-refractivity contribution is -0.138. The van der Waals surface area contributed by atoms with Crippen LogP contribution < -0.4 is 20.1 Å². The number of carbonyl (C=O) groups is 1. The number of benzene rings is 2. The molecule has 2 aromatic carbocycles. The van der Waals surface area contributed by atoms with Gasteiger partial charge in [0.25, 0.3) is 0 Å². The van der Waals surface area contributed by atoms with Crippen LogP contribution in [-0.2, 0) is 13.9 Å². The molecular weight excluding hydrogens is 591 g/mol. The number of nitrogen functional groups attached to an aromatic ring is 1. The number of nitrogens with zero attached hydrogens (tertiary/aromatic N) is 4. The number of carboxylic acid groups (broad SMARTS) is 1. The number of anilines is 1. The van der Waals surface area contributed by atoms with Gasteiger partial charge < -0.3 is 24.7 Å². The Kier molecular flexibility index (Phi) is 7.59. The number of allylic oxidation sites excluding steroid dienone is 1. The molecule has 0 bridgehead atoms. The van der Waals surface area contributed by atoms with Crippen molar-refractivity contribution in [2.75, 3.05) is 19.5 Å². The van der Waals surface area contributed by atoms with E-state index in [1.807, 2.05) is 41.0 Å². The highest BCUT2D eigenvalue weighted by atomic mass is 79.9. The van der Waals surface area contributed by atoms with Gasteiger partial charge in [-0.1, -0.05) is 52.3 Å². The number of halogens is 1. The van der Waals surface area contributed by atoms with Crippen molar-refractivity contribution in [3.8, 4) is 11.6 Å². The molecule has 12 nitrogen and oxygen atoms in total. The Morgan fingerprint density at radius 3 is 2.77 bits per heavy atom. The van der Waals surface area contributed by atoms with Crippen molar-refractivity contribution in [3.63, 3.8) is 0 Å². The van der Waals surface area contributed by atoms with Crippen LogP contribution in [0.5, 0.6) is 11.6 Å². The van der Waals surface area contributed by atoms with Crippen molar-refractivity contribution < 1.29 is 28.3 Å². The van der Waals surface area contributed by atoms with Crippen LogP contribution in [0.15, 0.2) is 59.4 Å². The Bertz CT molecular complexity index is 1630. The molecule has 14 heteroatoms. The van der Waals surface area contributed by atoms with E-state index in [9.17, 15) is 14.5 Å². The molecule has 5 rings (SSSR count). The number of methoxy groups -OCH3 is 1. The minimum Gasteiger partial charge on any atom is -0.480 e. The summed E-state index contributed by atoms with van der Waals surface area (Å²) >= 11 is 3.51. The number of imidazole rings is 1. The predicted octanol–water partition coefficient (Wildman–Crippen LogP) is 4.72. The van der Waals surface area contributed by atoms with E-state index in [1.165, 1.54) is 14.0 Å². The van der Waals surface area contributed by atoms with Crippen LogP contribution in [0.2, 0.25) is 0 Å². The van der Waals surface area contributed by atoms with Crippen molar-refractivity contribution in [3.05, 3.63) is 59.4 Å². The van der Waals surface area contributed by atoms with E-state index in [4.69, 9.17) is 19.5 Å². The maximum Gasteiger partial charge on any atom is 0.459 e. The summed E-state index contributed by atoms with van der Waals surface area (Å²) in [5.41, 5.74) is 6.86. The molecule has 0 amide bonds. The summed E-state index contributed by atoms with van der Waals surface area (Å²) in [6, 6.07) is 9.55. The lowest BCUT2D eigenvalue weighted by atomic mass is 10.1. The smallest absolute Gasteiger partial charge is 0.459 e. The first kappa shape index (κ1) is 27.1. The molecule has 0 aliphatic heterocycles. The topological polar surface area (TPSA) is 164 Å². The number of hydrogen-bond donors (Lipinski definition) is 3. The molecule has 1 aliphatic rings. The van der Waals surface area contributed by atoms with Gasteiger partial charge in [0.1, 0.15) is 11.8 Å². The molecule has 2 heterocycles. The van der Waals surface area contributed by atoms with Crippen LogP contribution in [0.25, 0.3) is 21.9 Å². The molecular formula is C25H26BrN6O6P. The van der Waals surface area contributed by atoms with Crippen molar-refractivity contribution in [1.29, 1.82) is 0 Å². The van der Waals surface area contributed by atoms with Crippen LogP contribution in [0.4, 0.5) is 5.95 Å². The van der Waals surface area contributed by atoms with Crippen LogP contribution in [-0.4, -0.2) is 50.4 Å². The van der Waals surface area contributed by atoms with Crippen LogP contribution in [0.1, 0.15) is 19.4 Å².